The van der Waals surface area contributed by atoms with Crippen LogP contribution in [0.25, 0.3) is 0 Å². The molecule has 24 heavy (non-hydrogen) atoms. The van der Waals surface area contributed by atoms with E-state index in [0.717, 1.165) is 16.9 Å². The van der Waals surface area contributed by atoms with Gasteiger partial charge in [0, 0.05) is 6.42 Å². The van der Waals surface area contributed by atoms with Crippen molar-refractivity contribution in [1.29, 1.82) is 0 Å². The van der Waals surface area contributed by atoms with E-state index >= 15 is 0 Å². The van der Waals surface area contributed by atoms with Gasteiger partial charge in [-0.3, -0.25) is 10.1 Å². The SMILES string of the molecule is COc1cccc(C[C@]2(c3cccc(OC)c3)N=C(N)NC2=O)c1. The molecule has 1 aliphatic heterocycles. The molecule has 3 N–H and O–H groups in total. The van der Waals surface area contributed by atoms with Gasteiger partial charge in [-0.1, -0.05) is 24.3 Å². The Balaban J connectivity index is 2.08. The molecule has 0 saturated heterocycles. The third-order valence-corrected chi connectivity index (χ3v) is 4.07. The molecule has 1 aliphatic rings. The quantitative estimate of drug-likeness (QED) is 0.874. The van der Waals surface area contributed by atoms with Crippen molar-refractivity contribution in [1.82, 2.24) is 5.32 Å². The molecule has 0 unspecified atom stereocenters. The van der Waals surface area contributed by atoms with Gasteiger partial charge in [0.05, 0.1) is 14.2 Å². The number of nitrogens with zero attached hydrogens (tertiary/aromatic N) is 1. The number of amides is 1. The van der Waals surface area contributed by atoms with Gasteiger partial charge in [-0.2, -0.15) is 0 Å². The van der Waals surface area contributed by atoms with Gasteiger partial charge in [0.15, 0.2) is 11.5 Å². The first-order chi connectivity index (χ1) is 11.6. The zero-order valence-electron chi connectivity index (χ0n) is 13.6. The van der Waals surface area contributed by atoms with Gasteiger partial charge >= 0.3 is 0 Å². The molecule has 0 radical (unpaired) electrons. The summed E-state index contributed by atoms with van der Waals surface area (Å²) in [5.41, 5.74) is 6.31. The lowest BCUT2D eigenvalue weighted by Crippen LogP contribution is -2.40. The zero-order valence-corrected chi connectivity index (χ0v) is 13.6. The molecular formula is C18H19N3O3. The van der Waals surface area contributed by atoms with Crippen molar-refractivity contribution in [3.8, 4) is 11.5 Å². The first-order valence-corrected chi connectivity index (χ1v) is 7.51. The van der Waals surface area contributed by atoms with Crippen LogP contribution in [0.3, 0.4) is 0 Å². The van der Waals surface area contributed by atoms with Crippen molar-refractivity contribution in [3.05, 3.63) is 59.7 Å². The second kappa shape index (κ2) is 6.23. The van der Waals surface area contributed by atoms with E-state index in [1.807, 2.05) is 48.5 Å². The summed E-state index contributed by atoms with van der Waals surface area (Å²) >= 11 is 0. The smallest absolute Gasteiger partial charge is 0.259 e. The van der Waals surface area contributed by atoms with Gasteiger partial charge in [-0.25, -0.2) is 4.99 Å². The number of rotatable bonds is 5. The molecule has 0 saturated carbocycles. The predicted molar refractivity (Wildman–Crippen MR) is 91.1 cm³/mol. The molecule has 6 heteroatoms. The van der Waals surface area contributed by atoms with E-state index < -0.39 is 5.54 Å². The van der Waals surface area contributed by atoms with E-state index in [1.54, 1.807) is 14.2 Å². The molecule has 1 atom stereocenters. The number of ether oxygens (including phenoxy) is 2. The topological polar surface area (TPSA) is 85.9 Å². The van der Waals surface area contributed by atoms with E-state index in [2.05, 4.69) is 10.3 Å². The average molecular weight is 325 g/mol. The van der Waals surface area contributed by atoms with Crippen molar-refractivity contribution >= 4 is 11.9 Å². The maximum absolute atomic E-state index is 12.7. The first kappa shape index (κ1) is 15.9. The summed E-state index contributed by atoms with van der Waals surface area (Å²) in [7, 11) is 3.19. The van der Waals surface area contributed by atoms with Crippen molar-refractivity contribution < 1.29 is 14.3 Å². The van der Waals surface area contributed by atoms with Crippen LogP contribution in [0.4, 0.5) is 0 Å². The number of guanidine groups is 1. The molecule has 1 amide bonds. The molecule has 6 nitrogen and oxygen atoms in total. The summed E-state index contributed by atoms with van der Waals surface area (Å²) in [5, 5.41) is 2.61. The fourth-order valence-electron chi connectivity index (χ4n) is 2.88. The largest absolute Gasteiger partial charge is 0.497 e. The van der Waals surface area contributed by atoms with Crippen LogP contribution in [-0.4, -0.2) is 26.1 Å². The Bertz CT molecular complexity index is 804. The highest BCUT2D eigenvalue weighted by molar-refractivity contribution is 6.07. The third-order valence-electron chi connectivity index (χ3n) is 4.07. The number of aliphatic imine (C=N–C) groups is 1. The van der Waals surface area contributed by atoms with Crippen molar-refractivity contribution in [2.24, 2.45) is 10.7 Å². The number of hydrogen-bond donors (Lipinski definition) is 2. The number of benzene rings is 2. The van der Waals surface area contributed by atoms with Crippen molar-refractivity contribution in [2.45, 2.75) is 12.0 Å². The highest BCUT2D eigenvalue weighted by atomic mass is 16.5. The number of carbonyl (C=O) groups excluding carboxylic acids is 1. The molecule has 0 spiro atoms. The van der Waals surface area contributed by atoms with Gasteiger partial charge in [-0.15, -0.1) is 0 Å². The second-order valence-corrected chi connectivity index (χ2v) is 5.57. The second-order valence-electron chi connectivity index (χ2n) is 5.57. The lowest BCUT2D eigenvalue weighted by molar-refractivity contribution is -0.124. The minimum atomic E-state index is -1.12. The van der Waals surface area contributed by atoms with Crippen LogP contribution in [0.2, 0.25) is 0 Å². The van der Waals surface area contributed by atoms with Crippen LogP contribution < -0.4 is 20.5 Å². The van der Waals surface area contributed by atoms with E-state index in [0.29, 0.717) is 12.2 Å². The first-order valence-electron chi connectivity index (χ1n) is 7.51. The van der Waals surface area contributed by atoms with Crippen LogP contribution in [0.15, 0.2) is 53.5 Å². The fraction of sp³-hybridized carbons (Fsp3) is 0.222. The molecule has 0 aliphatic carbocycles. The van der Waals surface area contributed by atoms with Crippen LogP contribution in [-0.2, 0) is 16.8 Å². The molecule has 0 aromatic heterocycles. The lowest BCUT2D eigenvalue weighted by Gasteiger charge is -2.24. The normalized spacial score (nSPS) is 19.6. The van der Waals surface area contributed by atoms with E-state index in [4.69, 9.17) is 15.2 Å². The summed E-state index contributed by atoms with van der Waals surface area (Å²) in [5.74, 6) is 1.25. The standard InChI is InChI=1S/C18H19N3O3/c1-23-14-7-3-5-12(9-14)11-18(16(22)20-17(19)21-18)13-6-4-8-15(10-13)24-2/h3-10H,11H2,1-2H3,(H3,19,20,21,22)/t18-/m1/s1. The Morgan fingerprint density at radius 3 is 2.38 bits per heavy atom. The Hall–Kier alpha value is -3.02. The number of nitrogens with one attached hydrogen (secondary N) is 1. The fourth-order valence-corrected chi connectivity index (χ4v) is 2.88. The highest BCUT2D eigenvalue weighted by Gasteiger charge is 2.45. The minimum Gasteiger partial charge on any atom is -0.497 e. The van der Waals surface area contributed by atoms with E-state index in [1.165, 1.54) is 0 Å². The van der Waals surface area contributed by atoms with Crippen LogP contribution in [0, 0.1) is 0 Å². The van der Waals surface area contributed by atoms with Gasteiger partial charge in [0.1, 0.15) is 11.5 Å². The molecular weight excluding hydrogens is 306 g/mol. The maximum atomic E-state index is 12.7. The van der Waals surface area contributed by atoms with Gasteiger partial charge < -0.3 is 15.2 Å². The highest BCUT2D eigenvalue weighted by Crippen LogP contribution is 2.35. The number of carbonyl (C=O) groups is 1. The lowest BCUT2D eigenvalue weighted by atomic mass is 9.84. The number of nitrogens with two attached hydrogens (primary N) is 1. The number of hydrogen-bond acceptors (Lipinski definition) is 5. The van der Waals surface area contributed by atoms with Gasteiger partial charge in [-0.05, 0) is 35.4 Å². The Morgan fingerprint density at radius 1 is 1.08 bits per heavy atom. The van der Waals surface area contributed by atoms with Crippen LogP contribution in [0.1, 0.15) is 11.1 Å². The summed E-state index contributed by atoms with van der Waals surface area (Å²) in [6, 6.07) is 14.9. The Labute approximate surface area is 140 Å². The van der Waals surface area contributed by atoms with Gasteiger partial charge in [0.25, 0.3) is 5.91 Å². The van der Waals surface area contributed by atoms with Crippen molar-refractivity contribution in [2.75, 3.05) is 14.2 Å². The minimum absolute atomic E-state index is 0.116. The molecule has 124 valence electrons. The maximum Gasteiger partial charge on any atom is 0.259 e. The van der Waals surface area contributed by atoms with Crippen molar-refractivity contribution in [3.63, 3.8) is 0 Å². The van der Waals surface area contributed by atoms with Gasteiger partial charge in [0.2, 0.25) is 0 Å². The molecule has 3 rings (SSSR count). The molecule has 2 aromatic rings. The number of methoxy groups -OCH3 is 2. The zero-order chi connectivity index (χ0) is 17.2. The third kappa shape index (κ3) is 2.78. The molecule has 2 aromatic carbocycles. The summed E-state index contributed by atoms with van der Waals surface area (Å²) in [4.78, 5) is 17.1. The summed E-state index contributed by atoms with van der Waals surface area (Å²) in [6.45, 7) is 0. The van der Waals surface area contributed by atoms with Crippen LogP contribution >= 0.6 is 0 Å². The summed E-state index contributed by atoms with van der Waals surface area (Å²) in [6.07, 6.45) is 0.365. The Morgan fingerprint density at radius 2 is 1.75 bits per heavy atom. The molecule has 0 bridgehead atoms. The van der Waals surface area contributed by atoms with E-state index in [9.17, 15) is 4.79 Å². The Kier molecular flexibility index (Phi) is 4.12. The van der Waals surface area contributed by atoms with Crippen LogP contribution in [0.5, 0.6) is 11.5 Å². The average Bonchev–Trinajstić information content (AvgIpc) is 2.89. The van der Waals surface area contributed by atoms with E-state index in [-0.39, 0.29) is 11.9 Å². The molecule has 0 fully saturated rings. The summed E-state index contributed by atoms with van der Waals surface area (Å²) < 4.78 is 10.5. The molecule has 1 heterocycles. The predicted octanol–water partition coefficient (Wildman–Crippen LogP) is 1.59. The monoisotopic (exact) mass is 325 g/mol.